The second kappa shape index (κ2) is 8.94. The molecule has 0 saturated carbocycles. The number of halogens is 2. The van der Waals surface area contributed by atoms with Gasteiger partial charge in [0.1, 0.15) is 17.4 Å². The molecule has 1 amide bonds. The molecule has 5 nitrogen and oxygen atoms in total. The number of hydrogen-bond donors (Lipinski definition) is 1. The van der Waals surface area contributed by atoms with Crippen LogP contribution in [0.2, 0.25) is 0 Å². The van der Waals surface area contributed by atoms with E-state index < -0.39 is 29.6 Å². The minimum Gasteiger partial charge on any atom is -0.497 e. The van der Waals surface area contributed by atoms with E-state index in [1.165, 1.54) is 6.92 Å². The zero-order chi connectivity index (χ0) is 19.1. The Kier molecular flexibility index (Phi) is 6.66. The molecule has 0 aliphatic heterocycles. The quantitative estimate of drug-likeness (QED) is 0.765. The van der Waals surface area contributed by atoms with E-state index in [0.29, 0.717) is 12.2 Å². The average Bonchev–Trinajstić information content (AvgIpc) is 2.63. The molecule has 0 bridgehead atoms. The minimum atomic E-state index is -1.14. The van der Waals surface area contributed by atoms with E-state index in [1.807, 2.05) is 12.1 Å². The Morgan fingerprint density at radius 2 is 1.81 bits per heavy atom. The second-order valence-corrected chi connectivity index (χ2v) is 5.59. The highest BCUT2D eigenvalue weighted by Gasteiger charge is 2.19. The number of nitrogens with one attached hydrogen (secondary N) is 1. The Bertz CT molecular complexity index is 778. The van der Waals surface area contributed by atoms with Crippen molar-refractivity contribution in [3.05, 3.63) is 59.7 Å². The van der Waals surface area contributed by atoms with Gasteiger partial charge in [-0.1, -0.05) is 12.1 Å². The topological polar surface area (TPSA) is 64.6 Å². The third kappa shape index (κ3) is 5.54. The van der Waals surface area contributed by atoms with E-state index in [0.717, 1.165) is 23.8 Å². The van der Waals surface area contributed by atoms with E-state index in [2.05, 4.69) is 5.32 Å². The van der Waals surface area contributed by atoms with E-state index >= 15 is 0 Å². The first-order valence-electron chi connectivity index (χ1n) is 7.97. The maximum atomic E-state index is 13.5. The fourth-order valence-corrected chi connectivity index (χ4v) is 2.18. The van der Waals surface area contributed by atoms with Gasteiger partial charge >= 0.3 is 5.97 Å². The summed E-state index contributed by atoms with van der Waals surface area (Å²) in [6.45, 7) is 1.36. The molecule has 0 radical (unpaired) electrons. The number of rotatable bonds is 7. The van der Waals surface area contributed by atoms with Crippen molar-refractivity contribution in [1.82, 2.24) is 0 Å². The van der Waals surface area contributed by atoms with Gasteiger partial charge in [-0.3, -0.25) is 9.59 Å². The number of carbonyl (C=O) groups excluding carboxylic acids is 2. The van der Waals surface area contributed by atoms with Crippen LogP contribution in [0, 0.1) is 11.6 Å². The highest BCUT2D eigenvalue weighted by molar-refractivity contribution is 5.95. The molecule has 138 valence electrons. The number of amides is 1. The molecule has 1 N–H and O–H groups in total. The summed E-state index contributed by atoms with van der Waals surface area (Å²) in [6.07, 6.45) is -0.616. The summed E-state index contributed by atoms with van der Waals surface area (Å²) in [4.78, 5) is 23.8. The van der Waals surface area contributed by atoms with Crippen LogP contribution in [0.15, 0.2) is 42.5 Å². The summed E-state index contributed by atoms with van der Waals surface area (Å²) in [5.74, 6) is -2.06. The van der Waals surface area contributed by atoms with Gasteiger partial charge in [-0.05, 0) is 43.2 Å². The smallest absolute Gasteiger partial charge is 0.306 e. The van der Waals surface area contributed by atoms with E-state index in [1.54, 1.807) is 19.2 Å². The Hall–Kier alpha value is -2.96. The molecule has 26 heavy (non-hydrogen) atoms. The van der Waals surface area contributed by atoms with Gasteiger partial charge in [0, 0.05) is 12.5 Å². The summed E-state index contributed by atoms with van der Waals surface area (Å²) in [6, 6.07) is 9.91. The molecule has 1 atom stereocenters. The third-order valence-corrected chi connectivity index (χ3v) is 3.64. The van der Waals surface area contributed by atoms with Crippen LogP contribution < -0.4 is 10.1 Å². The van der Waals surface area contributed by atoms with E-state index in [4.69, 9.17) is 9.47 Å². The first kappa shape index (κ1) is 19.4. The standard InChI is InChI=1S/C19H19F2NO4/c1-12(19(24)22-17-11-14(20)6-9-16(17)21)26-18(23)10-5-13-3-7-15(25-2)8-4-13/h3-4,6-9,11-12H,5,10H2,1-2H3,(H,22,24)/t12-/m1/s1. The SMILES string of the molecule is COc1ccc(CCC(=O)O[C@H](C)C(=O)Nc2cc(F)ccc2F)cc1. The molecule has 0 spiro atoms. The maximum Gasteiger partial charge on any atom is 0.306 e. The number of benzene rings is 2. The molecular weight excluding hydrogens is 344 g/mol. The van der Waals surface area contributed by atoms with Crippen molar-refractivity contribution in [3.63, 3.8) is 0 Å². The number of methoxy groups -OCH3 is 1. The number of carbonyl (C=O) groups is 2. The van der Waals surface area contributed by atoms with Crippen LogP contribution in [0.4, 0.5) is 14.5 Å². The summed E-state index contributed by atoms with van der Waals surface area (Å²) >= 11 is 0. The van der Waals surface area contributed by atoms with Crippen molar-refractivity contribution >= 4 is 17.6 Å². The molecule has 0 aromatic heterocycles. The van der Waals surface area contributed by atoms with Crippen molar-refractivity contribution in [3.8, 4) is 5.75 Å². The van der Waals surface area contributed by atoms with Gasteiger partial charge < -0.3 is 14.8 Å². The largest absolute Gasteiger partial charge is 0.497 e. The Labute approximate surface area is 149 Å². The lowest BCUT2D eigenvalue weighted by molar-refractivity contribution is -0.153. The number of hydrogen-bond acceptors (Lipinski definition) is 4. The highest BCUT2D eigenvalue weighted by atomic mass is 19.1. The molecule has 0 aliphatic rings. The van der Waals surface area contributed by atoms with Crippen LogP contribution >= 0.6 is 0 Å². The van der Waals surface area contributed by atoms with Gasteiger partial charge in [0.15, 0.2) is 6.10 Å². The number of esters is 1. The van der Waals surface area contributed by atoms with Crippen LogP contribution in [0.3, 0.4) is 0 Å². The summed E-state index contributed by atoms with van der Waals surface area (Å²) < 4.78 is 36.7. The monoisotopic (exact) mass is 363 g/mol. The van der Waals surface area contributed by atoms with Gasteiger partial charge in [-0.15, -0.1) is 0 Å². The van der Waals surface area contributed by atoms with Crippen molar-refractivity contribution in [2.45, 2.75) is 25.9 Å². The fourth-order valence-electron chi connectivity index (χ4n) is 2.18. The zero-order valence-corrected chi connectivity index (χ0v) is 14.4. The van der Waals surface area contributed by atoms with Crippen LogP contribution in [0.1, 0.15) is 18.9 Å². The predicted octanol–water partition coefficient (Wildman–Crippen LogP) is 3.48. The third-order valence-electron chi connectivity index (χ3n) is 3.64. The lowest BCUT2D eigenvalue weighted by Crippen LogP contribution is -2.30. The molecule has 2 rings (SSSR count). The zero-order valence-electron chi connectivity index (χ0n) is 14.4. The molecule has 0 heterocycles. The van der Waals surface area contributed by atoms with Gasteiger partial charge in [0.05, 0.1) is 12.8 Å². The first-order valence-corrected chi connectivity index (χ1v) is 7.97. The molecule has 0 fully saturated rings. The number of ether oxygens (including phenoxy) is 2. The average molecular weight is 363 g/mol. The van der Waals surface area contributed by atoms with Crippen molar-refractivity contribution in [2.75, 3.05) is 12.4 Å². The van der Waals surface area contributed by atoms with E-state index in [-0.39, 0.29) is 12.1 Å². The van der Waals surface area contributed by atoms with Gasteiger partial charge in [-0.25, -0.2) is 8.78 Å². The van der Waals surface area contributed by atoms with Crippen LogP contribution in [-0.2, 0) is 20.7 Å². The normalized spacial score (nSPS) is 11.5. The lowest BCUT2D eigenvalue weighted by Gasteiger charge is -2.14. The lowest BCUT2D eigenvalue weighted by atomic mass is 10.1. The van der Waals surface area contributed by atoms with Crippen molar-refractivity contribution in [1.29, 1.82) is 0 Å². The van der Waals surface area contributed by atoms with Gasteiger partial charge in [0.2, 0.25) is 0 Å². The molecule has 0 saturated heterocycles. The first-order chi connectivity index (χ1) is 12.4. The summed E-state index contributed by atoms with van der Waals surface area (Å²) in [7, 11) is 1.56. The van der Waals surface area contributed by atoms with Crippen LogP contribution in [-0.4, -0.2) is 25.1 Å². The van der Waals surface area contributed by atoms with Crippen LogP contribution in [0.25, 0.3) is 0 Å². The van der Waals surface area contributed by atoms with Crippen molar-refractivity contribution in [2.24, 2.45) is 0 Å². The summed E-state index contributed by atoms with van der Waals surface area (Å²) in [5.41, 5.74) is 0.609. The molecule has 0 unspecified atom stereocenters. The van der Waals surface area contributed by atoms with Crippen LogP contribution in [0.5, 0.6) is 5.75 Å². The number of aryl methyl sites for hydroxylation is 1. The number of anilines is 1. The minimum absolute atomic E-state index is 0.0816. The molecule has 7 heteroatoms. The van der Waals surface area contributed by atoms with Crippen molar-refractivity contribution < 1.29 is 27.8 Å². The second-order valence-electron chi connectivity index (χ2n) is 5.59. The maximum absolute atomic E-state index is 13.5. The molecule has 2 aromatic rings. The highest BCUT2D eigenvalue weighted by Crippen LogP contribution is 2.16. The summed E-state index contributed by atoms with van der Waals surface area (Å²) in [5, 5.41) is 2.20. The Balaban J connectivity index is 1.83. The predicted molar refractivity (Wildman–Crippen MR) is 91.9 cm³/mol. The molecule has 2 aromatic carbocycles. The molecule has 0 aliphatic carbocycles. The Morgan fingerprint density at radius 1 is 1.12 bits per heavy atom. The van der Waals surface area contributed by atoms with Gasteiger partial charge in [0.25, 0.3) is 5.91 Å². The van der Waals surface area contributed by atoms with Gasteiger partial charge in [-0.2, -0.15) is 0 Å². The van der Waals surface area contributed by atoms with E-state index in [9.17, 15) is 18.4 Å². The molecular formula is C19H19F2NO4. The Morgan fingerprint density at radius 3 is 2.46 bits per heavy atom. The fraction of sp³-hybridized carbons (Fsp3) is 0.263.